The molecule has 1 aromatic heterocycles. The van der Waals surface area contributed by atoms with Gasteiger partial charge in [-0.05, 0) is 33.6 Å². The monoisotopic (exact) mass is 327 g/mol. The number of rotatable bonds is 2. The lowest BCUT2D eigenvalue weighted by atomic mass is 10.1. The minimum atomic E-state index is -3.60. The molecule has 0 aliphatic carbocycles. The third-order valence-electron chi connectivity index (χ3n) is 3.30. The van der Waals surface area contributed by atoms with E-state index in [1.807, 2.05) is 0 Å². The molecule has 0 spiro atoms. The quantitative estimate of drug-likeness (QED) is 0.820. The molecule has 1 aliphatic rings. The van der Waals surface area contributed by atoms with Gasteiger partial charge in [-0.3, -0.25) is 4.98 Å². The first-order valence-corrected chi connectivity index (χ1v) is 8.72. The molecule has 1 fully saturated rings. The maximum absolute atomic E-state index is 12.6. The van der Waals surface area contributed by atoms with E-state index in [0.29, 0.717) is 19.4 Å². The van der Waals surface area contributed by atoms with Crippen molar-refractivity contribution in [1.29, 1.82) is 0 Å². The molecular weight excluding hydrogens is 306 g/mol. The van der Waals surface area contributed by atoms with Crippen LogP contribution in [0.25, 0.3) is 0 Å². The highest BCUT2D eigenvalue weighted by atomic mass is 32.2. The number of likely N-dealkylation sites (tertiary alicyclic amines) is 1. The maximum Gasteiger partial charge on any atom is 0.410 e. The lowest BCUT2D eigenvalue weighted by molar-refractivity contribution is 0.0219. The number of hydrogen-bond donors (Lipinski definition) is 0. The zero-order valence-electron chi connectivity index (χ0n) is 13.0. The van der Waals surface area contributed by atoms with E-state index in [9.17, 15) is 13.2 Å². The Balaban J connectivity index is 2.12. The Labute approximate surface area is 130 Å². The van der Waals surface area contributed by atoms with Gasteiger partial charge in [-0.25, -0.2) is 18.2 Å². The van der Waals surface area contributed by atoms with Crippen molar-refractivity contribution in [3.8, 4) is 0 Å². The molecule has 2 heterocycles. The van der Waals surface area contributed by atoms with Crippen LogP contribution in [0.5, 0.6) is 0 Å². The molecular formula is C14H21N3O4S. The van der Waals surface area contributed by atoms with E-state index in [1.165, 1.54) is 23.5 Å². The number of nitrogens with zero attached hydrogens (tertiary/aromatic N) is 3. The third kappa shape index (κ3) is 3.94. The number of hydrogen-bond acceptors (Lipinski definition) is 6. The van der Waals surface area contributed by atoms with Crippen LogP contribution >= 0.6 is 0 Å². The first-order chi connectivity index (χ1) is 10.2. The highest BCUT2D eigenvalue weighted by Crippen LogP contribution is 2.23. The molecule has 0 radical (unpaired) electrons. The molecule has 122 valence electrons. The highest BCUT2D eigenvalue weighted by Gasteiger charge is 2.36. The van der Waals surface area contributed by atoms with Crippen molar-refractivity contribution in [2.75, 3.05) is 13.1 Å². The average molecular weight is 327 g/mol. The van der Waals surface area contributed by atoms with E-state index in [-0.39, 0.29) is 11.6 Å². The van der Waals surface area contributed by atoms with Crippen LogP contribution in [0.1, 0.15) is 33.6 Å². The van der Waals surface area contributed by atoms with Crippen molar-refractivity contribution < 1.29 is 17.9 Å². The first kappa shape index (κ1) is 16.7. The second kappa shape index (κ2) is 6.20. The van der Waals surface area contributed by atoms with Gasteiger partial charge in [0.25, 0.3) is 0 Å². The van der Waals surface area contributed by atoms with Crippen molar-refractivity contribution in [2.24, 2.45) is 0 Å². The predicted molar refractivity (Wildman–Crippen MR) is 80.0 cm³/mol. The summed E-state index contributed by atoms with van der Waals surface area (Å²) < 4.78 is 30.4. The molecule has 1 amide bonds. The molecule has 0 N–H and O–H groups in total. The Kier molecular flexibility index (Phi) is 4.69. The summed E-state index contributed by atoms with van der Waals surface area (Å²) in [6, 6.07) is 0. The lowest BCUT2D eigenvalue weighted by Gasteiger charge is -2.33. The van der Waals surface area contributed by atoms with E-state index in [0.717, 1.165) is 0 Å². The Hall–Kier alpha value is -1.70. The number of ether oxygens (including phenoxy) is 1. The molecule has 1 aliphatic heterocycles. The van der Waals surface area contributed by atoms with Crippen LogP contribution in [0.3, 0.4) is 0 Å². The number of carbonyl (C=O) groups excluding carboxylic acids is 1. The summed E-state index contributed by atoms with van der Waals surface area (Å²) in [7, 11) is -3.60. The number of carbonyl (C=O) groups is 1. The summed E-state index contributed by atoms with van der Waals surface area (Å²) in [6.07, 6.45) is 4.64. The van der Waals surface area contributed by atoms with E-state index in [1.54, 1.807) is 20.8 Å². The van der Waals surface area contributed by atoms with Crippen molar-refractivity contribution in [1.82, 2.24) is 14.9 Å². The predicted octanol–water partition coefficient (Wildman–Crippen LogP) is 1.65. The Bertz CT molecular complexity index is 625. The largest absolute Gasteiger partial charge is 0.444 e. The van der Waals surface area contributed by atoms with E-state index in [2.05, 4.69) is 9.97 Å². The molecule has 1 atom stereocenters. The summed E-state index contributed by atoms with van der Waals surface area (Å²) >= 11 is 0. The van der Waals surface area contributed by atoms with Gasteiger partial charge in [-0.1, -0.05) is 0 Å². The van der Waals surface area contributed by atoms with E-state index < -0.39 is 26.8 Å². The van der Waals surface area contributed by atoms with Crippen molar-refractivity contribution in [3.63, 3.8) is 0 Å². The minimum Gasteiger partial charge on any atom is -0.444 e. The molecule has 22 heavy (non-hydrogen) atoms. The number of aromatic nitrogens is 2. The number of amides is 1. The second-order valence-corrected chi connectivity index (χ2v) is 8.45. The third-order valence-corrected chi connectivity index (χ3v) is 5.36. The van der Waals surface area contributed by atoms with Gasteiger partial charge >= 0.3 is 6.09 Å². The number of piperidine rings is 1. The van der Waals surface area contributed by atoms with Gasteiger partial charge in [0.15, 0.2) is 5.03 Å². The Morgan fingerprint density at radius 2 is 2.09 bits per heavy atom. The van der Waals surface area contributed by atoms with Crippen molar-refractivity contribution >= 4 is 15.9 Å². The fourth-order valence-corrected chi connectivity index (χ4v) is 3.90. The molecule has 0 saturated carbocycles. The SMILES string of the molecule is CC(C)(C)OC(=O)N1CCC[C@H](S(=O)(=O)c2cnccn2)C1. The van der Waals surface area contributed by atoms with Gasteiger partial charge in [0.1, 0.15) is 5.60 Å². The van der Waals surface area contributed by atoms with Gasteiger partial charge in [-0.15, -0.1) is 0 Å². The summed E-state index contributed by atoms with van der Waals surface area (Å²) in [5, 5.41) is -0.725. The normalized spacial score (nSPS) is 19.8. The van der Waals surface area contributed by atoms with Crippen LogP contribution < -0.4 is 0 Å². The van der Waals surface area contributed by atoms with Crippen molar-refractivity contribution in [2.45, 2.75) is 49.5 Å². The molecule has 0 bridgehead atoms. The summed E-state index contributed by atoms with van der Waals surface area (Å²) in [5.41, 5.74) is -0.603. The van der Waals surface area contributed by atoms with Gasteiger partial charge < -0.3 is 9.64 Å². The first-order valence-electron chi connectivity index (χ1n) is 7.18. The molecule has 7 nitrogen and oxygen atoms in total. The summed E-state index contributed by atoms with van der Waals surface area (Å²) in [6.45, 7) is 5.96. The Morgan fingerprint density at radius 3 is 2.68 bits per heavy atom. The molecule has 0 unspecified atom stereocenters. The van der Waals surface area contributed by atoms with Crippen LogP contribution in [0.4, 0.5) is 4.79 Å². The van der Waals surface area contributed by atoms with Crippen molar-refractivity contribution in [3.05, 3.63) is 18.6 Å². The van der Waals surface area contributed by atoms with Crippen LogP contribution in [0, 0.1) is 0 Å². The molecule has 0 aromatic carbocycles. The van der Waals surface area contributed by atoms with Gasteiger partial charge in [0, 0.05) is 25.5 Å². The molecule has 8 heteroatoms. The lowest BCUT2D eigenvalue weighted by Crippen LogP contribution is -2.47. The maximum atomic E-state index is 12.6. The van der Waals surface area contributed by atoms with Crippen LogP contribution in [-0.2, 0) is 14.6 Å². The smallest absolute Gasteiger partial charge is 0.410 e. The zero-order valence-corrected chi connectivity index (χ0v) is 13.8. The van der Waals surface area contributed by atoms with Crippen LogP contribution in [0.15, 0.2) is 23.6 Å². The second-order valence-electron chi connectivity index (χ2n) is 6.28. The van der Waals surface area contributed by atoms with Gasteiger partial charge in [-0.2, -0.15) is 0 Å². The topological polar surface area (TPSA) is 89.5 Å². The average Bonchev–Trinajstić information content (AvgIpc) is 2.46. The summed E-state index contributed by atoms with van der Waals surface area (Å²) in [5.74, 6) is 0. The van der Waals surface area contributed by atoms with E-state index >= 15 is 0 Å². The fraction of sp³-hybridized carbons (Fsp3) is 0.643. The molecule has 1 saturated heterocycles. The molecule has 1 aromatic rings. The molecule has 2 rings (SSSR count). The zero-order chi connectivity index (χ0) is 16.4. The standard InChI is InChI=1S/C14H21N3O4S/c1-14(2,3)21-13(18)17-8-4-5-11(10-17)22(19,20)12-9-15-6-7-16-12/h6-7,9,11H,4-5,8,10H2,1-3H3/t11-/m0/s1. The van der Waals surface area contributed by atoms with Crippen LogP contribution in [0.2, 0.25) is 0 Å². The highest BCUT2D eigenvalue weighted by molar-refractivity contribution is 7.92. The Morgan fingerprint density at radius 1 is 1.36 bits per heavy atom. The van der Waals surface area contributed by atoms with Gasteiger partial charge in [0.2, 0.25) is 9.84 Å². The minimum absolute atomic E-state index is 0.0500. The van der Waals surface area contributed by atoms with Crippen LogP contribution in [-0.4, -0.2) is 53.3 Å². The van der Waals surface area contributed by atoms with Gasteiger partial charge in [0.05, 0.1) is 11.4 Å². The number of sulfone groups is 1. The fourth-order valence-electron chi connectivity index (χ4n) is 2.29. The summed E-state index contributed by atoms with van der Waals surface area (Å²) in [4.78, 5) is 21.2. The van der Waals surface area contributed by atoms with E-state index in [4.69, 9.17) is 4.74 Å².